The number of morpholine rings is 1. The van der Waals surface area contributed by atoms with Crippen LogP contribution in [0.4, 0.5) is 0 Å². The van der Waals surface area contributed by atoms with E-state index in [0.717, 1.165) is 41.0 Å². The van der Waals surface area contributed by atoms with Crippen LogP contribution in [0.25, 0.3) is 0 Å². The van der Waals surface area contributed by atoms with Gasteiger partial charge >= 0.3 is 0 Å². The SMILES string of the molecule is CCC1(CC)CNCC(c2ccc(Br)cc2Cl)O1. The van der Waals surface area contributed by atoms with E-state index in [9.17, 15) is 0 Å². The minimum atomic E-state index is -0.0562. The van der Waals surface area contributed by atoms with Gasteiger partial charge in [0, 0.05) is 28.1 Å². The molecule has 100 valence electrons. The quantitative estimate of drug-likeness (QED) is 0.890. The molecule has 1 unspecified atom stereocenters. The second-order valence-corrected chi connectivity index (χ2v) is 6.12. The van der Waals surface area contributed by atoms with Crippen molar-refractivity contribution in [3.63, 3.8) is 0 Å². The van der Waals surface area contributed by atoms with Gasteiger partial charge in [-0.05, 0) is 25.0 Å². The molecule has 4 heteroatoms. The fourth-order valence-corrected chi connectivity index (χ4v) is 3.21. The van der Waals surface area contributed by atoms with Crippen LogP contribution in [0, 0.1) is 0 Å². The zero-order valence-corrected chi connectivity index (χ0v) is 13.1. The van der Waals surface area contributed by atoms with Crippen molar-refractivity contribution >= 4 is 27.5 Å². The van der Waals surface area contributed by atoms with Crippen molar-refractivity contribution in [3.05, 3.63) is 33.3 Å². The van der Waals surface area contributed by atoms with Crippen LogP contribution in [0.15, 0.2) is 22.7 Å². The van der Waals surface area contributed by atoms with Crippen LogP contribution >= 0.6 is 27.5 Å². The molecule has 1 atom stereocenters. The van der Waals surface area contributed by atoms with Crippen LogP contribution in [-0.2, 0) is 4.74 Å². The van der Waals surface area contributed by atoms with Gasteiger partial charge in [-0.1, -0.05) is 47.4 Å². The normalized spacial score (nSPS) is 23.0. The van der Waals surface area contributed by atoms with E-state index >= 15 is 0 Å². The molecule has 0 aliphatic carbocycles. The highest BCUT2D eigenvalue weighted by atomic mass is 79.9. The highest BCUT2D eigenvalue weighted by molar-refractivity contribution is 9.10. The van der Waals surface area contributed by atoms with Crippen LogP contribution in [0.3, 0.4) is 0 Å². The zero-order valence-electron chi connectivity index (χ0n) is 10.8. The molecule has 18 heavy (non-hydrogen) atoms. The van der Waals surface area contributed by atoms with Crippen LogP contribution in [0.5, 0.6) is 0 Å². The van der Waals surface area contributed by atoms with E-state index < -0.39 is 0 Å². The van der Waals surface area contributed by atoms with Crippen molar-refractivity contribution in [2.45, 2.75) is 38.4 Å². The molecule has 0 aromatic heterocycles. The van der Waals surface area contributed by atoms with Crippen molar-refractivity contribution < 1.29 is 4.74 Å². The summed E-state index contributed by atoms with van der Waals surface area (Å²) in [4.78, 5) is 0. The maximum Gasteiger partial charge on any atom is 0.0971 e. The van der Waals surface area contributed by atoms with Crippen molar-refractivity contribution in [2.75, 3.05) is 13.1 Å². The monoisotopic (exact) mass is 331 g/mol. The maximum absolute atomic E-state index is 6.32. The molecule has 1 aliphatic rings. The fraction of sp³-hybridized carbons (Fsp3) is 0.571. The summed E-state index contributed by atoms with van der Waals surface area (Å²) in [5.74, 6) is 0. The van der Waals surface area contributed by atoms with Crippen LogP contribution in [0.1, 0.15) is 38.4 Å². The Bertz CT molecular complexity index is 420. The van der Waals surface area contributed by atoms with Gasteiger partial charge in [-0.25, -0.2) is 0 Å². The molecule has 1 heterocycles. The largest absolute Gasteiger partial charge is 0.364 e. The Kier molecular flexibility index (Phi) is 4.70. The van der Waals surface area contributed by atoms with Gasteiger partial charge in [0.05, 0.1) is 11.7 Å². The molecular formula is C14H19BrClNO. The molecule has 0 amide bonds. The Morgan fingerprint density at radius 3 is 2.78 bits per heavy atom. The third-order valence-corrected chi connectivity index (χ3v) is 4.59. The summed E-state index contributed by atoms with van der Waals surface area (Å²) in [5.41, 5.74) is 1.01. The Hall–Kier alpha value is -0.0900. The van der Waals surface area contributed by atoms with Gasteiger partial charge in [0.25, 0.3) is 0 Å². The van der Waals surface area contributed by atoms with E-state index in [1.165, 1.54) is 0 Å². The first kappa shape index (κ1) is 14.3. The van der Waals surface area contributed by atoms with Gasteiger partial charge in [0.2, 0.25) is 0 Å². The summed E-state index contributed by atoms with van der Waals surface area (Å²) >= 11 is 9.73. The molecule has 1 saturated heterocycles. The average molecular weight is 333 g/mol. The first-order valence-corrected chi connectivity index (χ1v) is 7.61. The van der Waals surface area contributed by atoms with Crippen LogP contribution in [0.2, 0.25) is 5.02 Å². The van der Waals surface area contributed by atoms with Gasteiger partial charge in [-0.15, -0.1) is 0 Å². The third-order valence-electron chi connectivity index (χ3n) is 3.77. The van der Waals surface area contributed by atoms with Crippen molar-refractivity contribution in [1.82, 2.24) is 5.32 Å². The van der Waals surface area contributed by atoms with Gasteiger partial charge < -0.3 is 10.1 Å². The molecule has 2 rings (SSSR count). The number of hydrogen-bond acceptors (Lipinski definition) is 2. The molecular weight excluding hydrogens is 314 g/mol. The van der Waals surface area contributed by atoms with E-state index in [0.29, 0.717) is 0 Å². The lowest BCUT2D eigenvalue weighted by Crippen LogP contribution is -2.50. The molecule has 1 aliphatic heterocycles. The number of ether oxygens (including phenoxy) is 1. The summed E-state index contributed by atoms with van der Waals surface area (Å²) in [6.45, 7) is 6.10. The third kappa shape index (κ3) is 2.90. The average Bonchev–Trinajstić information content (AvgIpc) is 2.38. The fourth-order valence-electron chi connectivity index (χ4n) is 2.42. The number of hydrogen-bond donors (Lipinski definition) is 1. The minimum Gasteiger partial charge on any atom is -0.364 e. The van der Waals surface area contributed by atoms with Crippen molar-refractivity contribution in [2.24, 2.45) is 0 Å². The molecule has 0 spiro atoms. The lowest BCUT2D eigenvalue weighted by atomic mass is 9.93. The Morgan fingerprint density at radius 1 is 1.44 bits per heavy atom. The predicted molar refractivity (Wildman–Crippen MR) is 79.2 cm³/mol. The van der Waals surface area contributed by atoms with Gasteiger partial charge in [0.15, 0.2) is 0 Å². The standard InChI is InChI=1S/C14H19BrClNO/c1-3-14(4-2)9-17-8-13(18-14)11-6-5-10(15)7-12(11)16/h5-7,13,17H,3-4,8-9H2,1-2H3. The van der Waals surface area contributed by atoms with Gasteiger partial charge in [-0.3, -0.25) is 0 Å². The second kappa shape index (κ2) is 5.91. The lowest BCUT2D eigenvalue weighted by molar-refractivity contribution is -0.122. The number of benzene rings is 1. The Morgan fingerprint density at radius 2 is 2.17 bits per heavy atom. The first-order chi connectivity index (χ1) is 8.60. The molecule has 1 fully saturated rings. The summed E-state index contributed by atoms with van der Waals surface area (Å²) in [5, 5.41) is 4.24. The minimum absolute atomic E-state index is 0.0410. The molecule has 2 nitrogen and oxygen atoms in total. The van der Waals surface area contributed by atoms with Gasteiger partial charge in [0.1, 0.15) is 0 Å². The number of nitrogens with one attached hydrogen (secondary N) is 1. The lowest BCUT2D eigenvalue weighted by Gasteiger charge is -2.41. The number of halogens is 2. The first-order valence-electron chi connectivity index (χ1n) is 6.43. The summed E-state index contributed by atoms with van der Waals surface area (Å²) in [6.07, 6.45) is 2.07. The zero-order chi connectivity index (χ0) is 13.2. The van der Waals surface area contributed by atoms with E-state index in [2.05, 4.69) is 35.1 Å². The van der Waals surface area contributed by atoms with E-state index in [-0.39, 0.29) is 11.7 Å². The number of rotatable bonds is 3. The van der Waals surface area contributed by atoms with E-state index in [1.807, 2.05) is 18.2 Å². The molecule has 0 radical (unpaired) electrons. The summed E-state index contributed by atoms with van der Waals surface area (Å²) in [6, 6.07) is 5.98. The molecule has 1 aromatic rings. The predicted octanol–water partition coefficient (Wildman–Crippen LogP) is 4.32. The topological polar surface area (TPSA) is 21.3 Å². The Labute approximate surface area is 122 Å². The van der Waals surface area contributed by atoms with Crippen LogP contribution in [-0.4, -0.2) is 18.7 Å². The summed E-state index contributed by atoms with van der Waals surface area (Å²) < 4.78 is 7.31. The molecule has 1 N–H and O–H groups in total. The summed E-state index contributed by atoms with van der Waals surface area (Å²) in [7, 11) is 0. The van der Waals surface area contributed by atoms with E-state index in [1.54, 1.807) is 0 Å². The Balaban J connectivity index is 2.23. The molecule has 0 saturated carbocycles. The smallest absolute Gasteiger partial charge is 0.0971 e. The van der Waals surface area contributed by atoms with Crippen molar-refractivity contribution in [3.8, 4) is 0 Å². The highest BCUT2D eigenvalue weighted by Gasteiger charge is 2.35. The maximum atomic E-state index is 6.32. The molecule has 1 aromatic carbocycles. The molecule has 0 bridgehead atoms. The van der Waals surface area contributed by atoms with E-state index in [4.69, 9.17) is 16.3 Å². The highest BCUT2D eigenvalue weighted by Crippen LogP contribution is 2.35. The van der Waals surface area contributed by atoms with Crippen molar-refractivity contribution in [1.29, 1.82) is 0 Å². The van der Waals surface area contributed by atoms with Gasteiger partial charge in [-0.2, -0.15) is 0 Å². The van der Waals surface area contributed by atoms with Crippen LogP contribution < -0.4 is 5.32 Å². The second-order valence-electron chi connectivity index (χ2n) is 4.79.